The number of nitrogens with zero attached hydrogens (tertiary/aromatic N) is 1. The minimum atomic E-state index is -1.48. The molecule has 1 aromatic rings. The second kappa shape index (κ2) is 5.45. The molecule has 18 heavy (non-hydrogen) atoms. The number of rotatable bonds is 3. The van der Waals surface area contributed by atoms with Gasteiger partial charge in [-0.2, -0.15) is 0 Å². The highest BCUT2D eigenvalue weighted by Gasteiger charge is 2.38. The zero-order valence-corrected chi connectivity index (χ0v) is 11.8. The summed E-state index contributed by atoms with van der Waals surface area (Å²) >= 11 is 11.9. The molecule has 1 saturated heterocycles. The van der Waals surface area contributed by atoms with Crippen molar-refractivity contribution in [2.45, 2.75) is 16.9 Å². The van der Waals surface area contributed by atoms with Crippen LogP contribution in [0.3, 0.4) is 0 Å². The topological polar surface area (TPSA) is 60.8 Å². The first-order chi connectivity index (χ1) is 8.47. The average molecular weight is 310 g/mol. The van der Waals surface area contributed by atoms with Gasteiger partial charge in [-0.15, -0.1) is 0 Å². The second-order valence-electron chi connectivity index (χ2n) is 4.30. The minimum Gasteiger partial charge on any atom is -0.393 e. The van der Waals surface area contributed by atoms with Gasteiger partial charge >= 0.3 is 0 Å². The van der Waals surface area contributed by atoms with Crippen molar-refractivity contribution in [3.05, 3.63) is 28.2 Å². The molecule has 2 atom stereocenters. The van der Waals surface area contributed by atoms with Crippen LogP contribution in [0.2, 0.25) is 10.0 Å². The Kier molecular flexibility index (Phi) is 4.31. The van der Waals surface area contributed by atoms with Gasteiger partial charge in [0, 0.05) is 13.1 Å². The van der Waals surface area contributed by atoms with Crippen molar-refractivity contribution in [2.75, 3.05) is 19.7 Å². The molecule has 100 valence electrons. The number of benzene rings is 1. The van der Waals surface area contributed by atoms with E-state index in [9.17, 15) is 9.32 Å². The summed E-state index contributed by atoms with van der Waals surface area (Å²) in [6.07, 6.45) is 0.382. The van der Waals surface area contributed by atoms with E-state index in [4.69, 9.17) is 28.3 Å². The van der Waals surface area contributed by atoms with Crippen LogP contribution in [-0.4, -0.2) is 44.0 Å². The Hall–Kier alpha value is -0.170. The molecule has 0 spiro atoms. The third-order valence-corrected chi connectivity index (χ3v) is 5.36. The van der Waals surface area contributed by atoms with Gasteiger partial charge < -0.3 is 10.2 Å². The molecule has 2 N–H and O–H groups in total. The summed E-state index contributed by atoms with van der Waals surface area (Å²) in [5, 5.41) is 19.6. The summed E-state index contributed by atoms with van der Waals surface area (Å²) in [6, 6.07) is 4.94. The Bertz CT molecular complexity index is 485. The molecule has 2 unspecified atom stereocenters. The minimum absolute atomic E-state index is 0.152. The van der Waals surface area contributed by atoms with Crippen molar-refractivity contribution >= 4 is 34.2 Å². The van der Waals surface area contributed by atoms with Gasteiger partial charge in [-0.05, 0) is 18.6 Å². The number of aliphatic hydroxyl groups excluding tert-OH is 1. The van der Waals surface area contributed by atoms with Crippen LogP contribution in [0, 0.1) is 0 Å². The third kappa shape index (κ3) is 2.71. The van der Waals surface area contributed by atoms with Gasteiger partial charge in [-0.3, -0.25) is 0 Å². The average Bonchev–Trinajstić information content (AvgIpc) is 2.75. The Labute approximate surface area is 118 Å². The van der Waals surface area contributed by atoms with Crippen LogP contribution in [0.15, 0.2) is 23.1 Å². The van der Waals surface area contributed by atoms with Crippen molar-refractivity contribution in [3.63, 3.8) is 0 Å². The van der Waals surface area contributed by atoms with Crippen LogP contribution in [0.4, 0.5) is 0 Å². The van der Waals surface area contributed by atoms with Gasteiger partial charge in [0.2, 0.25) is 0 Å². The van der Waals surface area contributed by atoms with Gasteiger partial charge in [0.25, 0.3) is 0 Å². The van der Waals surface area contributed by atoms with Crippen LogP contribution in [0.25, 0.3) is 0 Å². The Balaban J connectivity index is 2.21. The predicted molar refractivity (Wildman–Crippen MR) is 71.1 cm³/mol. The number of hydrogen-bond acceptors (Lipinski definition) is 3. The SMILES string of the molecule is O=S(c1cccc(Cl)c1Cl)N1CCC(O)(CO)C1. The summed E-state index contributed by atoms with van der Waals surface area (Å²) in [6.45, 7) is 0.245. The zero-order valence-electron chi connectivity index (χ0n) is 9.47. The Morgan fingerprint density at radius 3 is 2.78 bits per heavy atom. The lowest BCUT2D eigenvalue weighted by atomic mass is 10.1. The maximum atomic E-state index is 12.3. The molecule has 4 nitrogen and oxygen atoms in total. The first-order valence-electron chi connectivity index (χ1n) is 5.41. The molecular formula is C11H13Cl2NO3S. The smallest absolute Gasteiger partial charge is 0.129 e. The first kappa shape index (κ1) is 14.2. The van der Waals surface area contributed by atoms with Crippen molar-refractivity contribution in [3.8, 4) is 0 Å². The normalized spacial score (nSPS) is 26.4. The molecule has 1 aliphatic rings. The quantitative estimate of drug-likeness (QED) is 0.888. The molecule has 0 aliphatic carbocycles. The molecule has 1 heterocycles. The molecule has 0 aromatic heterocycles. The number of halogens is 2. The maximum absolute atomic E-state index is 12.3. The van der Waals surface area contributed by atoms with Crippen LogP contribution in [-0.2, 0) is 11.0 Å². The molecule has 7 heteroatoms. The van der Waals surface area contributed by atoms with Gasteiger partial charge in [0.05, 0.1) is 21.5 Å². The maximum Gasteiger partial charge on any atom is 0.129 e. The van der Waals surface area contributed by atoms with E-state index >= 15 is 0 Å². The summed E-state index contributed by atoms with van der Waals surface area (Å²) in [5.41, 5.74) is -1.18. The lowest BCUT2D eigenvalue weighted by Gasteiger charge is -2.20. The third-order valence-electron chi connectivity index (χ3n) is 2.93. The van der Waals surface area contributed by atoms with E-state index in [1.165, 1.54) is 0 Å². The van der Waals surface area contributed by atoms with E-state index in [0.717, 1.165) is 0 Å². The first-order valence-corrected chi connectivity index (χ1v) is 7.27. The number of β-amino-alcohol motifs (C(OH)–C–C–N with tert-alkyl or cyclic N) is 1. The van der Waals surface area contributed by atoms with Crippen LogP contribution < -0.4 is 0 Å². The molecule has 0 amide bonds. The molecule has 1 aromatic carbocycles. The molecular weight excluding hydrogens is 297 g/mol. The molecule has 1 aliphatic heterocycles. The highest BCUT2D eigenvalue weighted by atomic mass is 35.5. The molecule has 1 fully saturated rings. The van der Waals surface area contributed by atoms with Crippen molar-refractivity contribution in [1.82, 2.24) is 4.31 Å². The van der Waals surface area contributed by atoms with Crippen LogP contribution in [0.5, 0.6) is 0 Å². The Morgan fingerprint density at radius 2 is 2.17 bits per heavy atom. The van der Waals surface area contributed by atoms with Gasteiger partial charge in [0.15, 0.2) is 0 Å². The molecule has 2 rings (SSSR count). The second-order valence-corrected chi connectivity index (χ2v) is 6.54. The molecule has 0 radical (unpaired) electrons. The number of hydrogen-bond donors (Lipinski definition) is 2. The summed E-state index contributed by atoms with van der Waals surface area (Å²) in [7, 11) is -1.48. The fourth-order valence-electron chi connectivity index (χ4n) is 1.85. The standard InChI is InChI=1S/C11H13Cl2NO3S/c12-8-2-1-3-9(10(8)13)18(17)14-5-4-11(16,6-14)7-15/h1-3,15-16H,4-7H2. The van der Waals surface area contributed by atoms with Crippen LogP contribution >= 0.6 is 23.2 Å². The largest absolute Gasteiger partial charge is 0.393 e. The van der Waals surface area contributed by atoms with Gasteiger partial charge in [0.1, 0.15) is 16.6 Å². The molecule has 0 saturated carbocycles. The van der Waals surface area contributed by atoms with Gasteiger partial charge in [-0.1, -0.05) is 29.3 Å². The predicted octanol–water partition coefficient (Wildman–Crippen LogP) is 1.45. The highest BCUT2D eigenvalue weighted by molar-refractivity contribution is 7.82. The van der Waals surface area contributed by atoms with Crippen LogP contribution in [0.1, 0.15) is 6.42 Å². The summed E-state index contributed by atoms with van der Waals surface area (Å²) < 4.78 is 13.9. The van der Waals surface area contributed by atoms with E-state index < -0.39 is 16.6 Å². The van der Waals surface area contributed by atoms with E-state index in [1.807, 2.05) is 0 Å². The lowest BCUT2D eigenvalue weighted by molar-refractivity contribution is -0.000502. The highest BCUT2D eigenvalue weighted by Crippen LogP contribution is 2.31. The van der Waals surface area contributed by atoms with E-state index in [2.05, 4.69) is 0 Å². The van der Waals surface area contributed by atoms with E-state index in [-0.39, 0.29) is 18.2 Å². The fourth-order valence-corrected chi connectivity index (χ4v) is 3.75. The van der Waals surface area contributed by atoms with Crippen molar-refractivity contribution < 1.29 is 14.4 Å². The fraction of sp³-hybridized carbons (Fsp3) is 0.455. The monoisotopic (exact) mass is 309 g/mol. The van der Waals surface area contributed by atoms with E-state index in [0.29, 0.717) is 22.9 Å². The summed E-state index contributed by atoms with van der Waals surface area (Å²) in [5.74, 6) is 0. The van der Waals surface area contributed by atoms with Crippen molar-refractivity contribution in [2.24, 2.45) is 0 Å². The Morgan fingerprint density at radius 1 is 1.44 bits per heavy atom. The lowest BCUT2D eigenvalue weighted by Crippen LogP contribution is -2.37. The van der Waals surface area contributed by atoms with Gasteiger partial charge in [-0.25, -0.2) is 8.51 Å². The molecule has 0 bridgehead atoms. The van der Waals surface area contributed by atoms with Crippen molar-refractivity contribution in [1.29, 1.82) is 0 Å². The number of aliphatic hydroxyl groups is 2. The zero-order chi connectivity index (χ0) is 13.3. The van der Waals surface area contributed by atoms with E-state index in [1.54, 1.807) is 22.5 Å². The summed E-state index contributed by atoms with van der Waals surface area (Å²) in [4.78, 5) is 0.423.